The number of rotatable bonds is 4. The summed E-state index contributed by atoms with van der Waals surface area (Å²) < 4.78 is 5.89. The first-order valence-electron chi connectivity index (χ1n) is 8.23. The molecule has 0 radical (unpaired) electrons. The van der Waals surface area contributed by atoms with E-state index in [0.717, 1.165) is 33.3 Å². The number of hydrogen-bond acceptors (Lipinski definition) is 5. The quantitative estimate of drug-likeness (QED) is 0.419. The molecule has 0 aliphatic rings. The fourth-order valence-electron chi connectivity index (χ4n) is 2.98. The summed E-state index contributed by atoms with van der Waals surface area (Å²) in [5, 5.41) is 4.55. The van der Waals surface area contributed by atoms with Gasteiger partial charge in [-0.05, 0) is 49.2 Å². The van der Waals surface area contributed by atoms with Gasteiger partial charge in [-0.25, -0.2) is 9.97 Å². The Balaban J connectivity index is 1.53. The number of aryl methyl sites for hydroxylation is 2. The summed E-state index contributed by atoms with van der Waals surface area (Å²) in [5.41, 5.74) is 5.21. The summed E-state index contributed by atoms with van der Waals surface area (Å²) in [6.45, 7) is 4.02. The Morgan fingerprint density at radius 2 is 1.88 bits per heavy atom. The minimum Gasteiger partial charge on any atom is -0.451 e. The van der Waals surface area contributed by atoms with Gasteiger partial charge in [-0.2, -0.15) is 0 Å². The van der Waals surface area contributed by atoms with Crippen LogP contribution in [0.15, 0.2) is 58.2 Å². The maximum absolute atomic E-state index is 12.3. The van der Waals surface area contributed by atoms with Crippen LogP contribution >= 0.6 is 11.8 Å². The Morgan fingerprint density at radius 3 is 2.69 bits per heavy atom. The van der Waals surface area contributed by atoms with E-state index >= 15 is 0 Å². The molecule has 5 nitrogen and oxygen atoms in total. The molecule has 0 bridgehead atoms. The maximum Gasteiger partial charge on any atom is 0.234 e. The monoisotopic (exact) mass is 363 g/mol. The number of carbonyl (C=O) groups is 1. The van der Waals surface area contributed by atoms with Crippen molar-refractivity contribution in [1.29, 1.82) is 0 Å². The van der Waals surface area contributed by atoms with E-state index in [1.165, 1.54) is 18.1 Å². The molecule has 0 aliphatic heterocycles. The van der Waals surface area contributed by atoms with Crippen LogP contribution in [0.25, 0.3) is 22.1 Å². The van der Waals surface area contributed by atoms with E-state index in [2.05, 4.69) is 21.4 Å². The van der Waals surface area contributed by atoms with E-state index in [9.17, 15) is 4.79 Å². The Hall–Kier alpha value is -2.86. The SMILES string of the molecule is Cc1cc(C)cc(NC(=O)CSc2ncnc3c2oc2ccccc23)c1. The first kappa shape index (κ1) is 16.6. The lowest BCUT2D eigenvalue weighted by Crippen LogP contribution is -2.14. The number of nitrogens with one attached hydrogen (secondary N) is 1. The first-order chi connectivity index (χ1) is 12.6. The third kappa shape index (κ3) is 3.28. The fourth-order valence-corrected chi connectivity index (χ4v) is 3.71. The van der Waals surface area contributed by atoms with Crippen molar-refractivity contribution in [2.45, 2.75) is 18.9 Å². The van der Waals surface area contributed by atoms with E-state index in [4.69, 9.17) is 4.42 Å². The van der Waals surface area contributed by atoms with Crippen molar-refractivity contribution in [3.63, 3.8) is 0 Å². The number of para-hydroxylation sites is 1. The Morgan fingerprint density at radius 1 is 1.12 bits per heavy atom. The van der Waals surface area contributed by atoms with E-state index in [1.54, 1.807) is 0 Å². The van der Waals surface area contributed by atoms with Crippen molar-refractivity contribution in [2.75, 3.05) is 11.1 Å². The van der Waals surface area contributed by atoms with E-state index < -0.39 is 0 Å². The molecule has 0 spiro atoms. The van der Waals surface area contributed by atoms with Crippen LogP contribution < -0.4 is 5.32 Å². The number of aromatic nitrogens is 2. The van der Waals surface area contributed by atoms with Gasteiger partial charge in [-0.1, -0.05) is 30.0 Å². The molecule has 2 aromatic carbocycles. The first-order valence-corrected chi connectivity index (χ1v) is 9.22. The molecule has 0 saturated carbocycles. The van der Waals surface area contributed by atoms with Gasteiger partial charge in [-0.15, -0.1) is 0 Å². The average Bonchev–Trinajstić information content (AvgIpc) is 2.98. The Kier molecular flexibility index (Phi) is 4.34. The third-order valence-electron chi connectivity index (χ3n) is 3.97. The second-order valence-corrected chi connectivity index (χ2v) is 7.13. The maximum atomic E-state index is 12.3. The van der Waals surface area contributed by atoms with Crippen LogP contribution in [0.4, 0.5) is 5.69 Å². The van der Waals surface area contributed by atoms with Crippen molar-refractivity contribution < 1.29 is 9.21 Å². The lowest BCUT2D eigenvalue weighted by molar-refractivity contribution is -0.113. The predicted octanol–water partition coefficient (Wildman–Crippen LogP) is 4.72. The van der Waals surface area contributed by atoms with Crippen LogP contribution in [0, 0.1) is 13.8 Å². The molecule has 0 unspecified atom stereocenters. The largest absolute Gasteiger partial charge is 0.451 e. The molecular weight excluding hydrogens is 346 g/mol. The number of thioether (sulfide) groups is 1. The highest BCUT2D eigenvalue weighted by Crippen LogP contribution is 2.32. The highest BCUT2D eigenvalue weighted by Gasteiger charge is 2.14. The number of anilines is 1. The number of carbonyl (C=O) groups excluding carboxylic acids is 1. The van der Waals surface area contributed by atoms with Gasteiger partial charge in [0.1, 0.15) is 22.5 Å². The molecule has 1 N–H and O–H groups in total. The minimum absolute atomic E-state index is 0.0807. The zero-order chi connectivity index (χ0) is 18.1. The third-order valence-corrected chi connectivity index (χ3v) is 4.94. The molecular formula is C20H17N3O2S. The molecule has 4 aromatic rings. The number of hydrogen-bond donors (Lipinski definition) is 1. The molecule has 1 amide bonds. The van der Waals surface area contributed by atoms with Crippen molar-refractivity contribution in [3.8, 4) is 0 Å². The van der Waals surface area contributed by atoms with Crippen LogP contribution in [0.3, 0.4) is 0 Å². The summed E-state index contributed by atoms with van der Waals surface area (Å²) in [4.78, 5) is 20.9. The van der Waals surface area contributed by atoms with Gasteiger partial charge >= 0.3 is 0 Å². The van der Waals surface area contributed by atoms with Crippen LogP contribution in [0.1, 0.15) is 11.1 Å². The van der Waals surface area contributed by atoms with Gasteiger partial charge in [0.25, 0.3) is 0 Å². The number of nitrogens with zero attached hydrogens (tertiary/aromatic N) is 2. The highest BCUT2D eigenvalue weighted by atomic mass is 32.2. The number of furan rings is 1. The summed E-state index contributed by atoms with van der Waals surface area (Å²) >= 11 is 1.34. The second-order valence-electron chi connectivity index (χ2n) is 6.17. The Bertz CT molecular complexity index is 1100. The van der Waals surface area contributed by atoms with E-state index in [-0.39, 0.29) is 11.7 Å². The van der Waals surface area contributed by atoms with Gasteiger partial charge in [-0.3, -0.25) is 4.79 Å². The molecule has 2 heterocycles. The van der Waals surface area contributed by atoms with Gasteiger partial charge in [0.15, 0.2) is 5.58 Å². The van der Waals surface area contributed by atoms with Gasteiger partial charge in [0, 0.05) is 11.1 Å². The summed E-state index contributed by atoms with van der Waals surface area (Å²) in [7, 11) is 0. The summed E-state index contributed by atoms with van der Waals surface area (Å²) in [5.74, 6) is 0.166. The highest BCUT2D eigenvalue weighted by molar-refractivity contribution is 8.00. The molecule has 0 aliphatic carbocycles. The molecule has 130 valence electrons. The molecule has 4 rings (SSSR count). The molecule has 26 heavy (non-hydrogen) atoms. The summed E-state index contributed by atoms with van der Waals surface area (Å²) in [6, 6.07) is 13.7. The lowest BCUT2D eigenvalue weighted by atomic mass is 10.1. The van der Waals surface area contributed by atoms with Gasteiger partial charge < -0.3 is 9.73 Å². The number of fused-ring (bicyclic) bond motifs is 3. The van der Waals surface area contributed by atoms with Crippen molar-refractivity contribution >= 4 is 45.4 Å². The Labute approximate surface area is 154 Å². The van der Waals surface area contributed by atoms with Crippen LogP contribution in [0.2, 0.25) is 0 Å². The normalized spacial score (nSPS) is 11.2. The van der Waals surface area contributed by atoms with Crippen molar-refractivity contribution in [2.24, 2.45) is 0 Å². The number of amides is 1. The molecule has 0 fully saturated rings. The van der Waals surface area contributed by atoms with Gasteiger partial charge in [0.05, 0.1) is 5.75 Å². The minimum atomic E-state index is -0.0807. The smallest absolute Gasteiger partial charge is 0.234 e. The standard InChI is InChI=1S/C20H17N3O2S/c1-12-7-13(2)9-14(8-12)23-17(24)10-26-20-19-18(21-11-22-20)15-5-3-4-6-16(15)25-19/h3-9,11H,10H2,1-2H3,(H,23,24). The van der Waals surface area contributed by atoms with E-state index in [0.29, 0.717) is 10.6 Å². The van der Waals surface area contributed by atoms with Crippen molar-refractivity contribution in [3.05, 3.63) is 59.9 Å². The zero-order valence-electron chi connectivity index (χ0n) is 14.4. The average molecular weight is 363 g/mol. The number of benzene rings is 2. The topological polar surface area (TPSA) is 68.0 Å². The van der Waals surface area contributed by atoms with Crippen molar-refractivity contribution in [1.82, 2.24) is 9.97 Å². The fraction of sp³-hybridized carbons (Fsp3) is 0.150. The molecule has 6 heteroatoms. The zero-order valence-corrected chi connectivity index (χ0v) is 15.3. The lowest BCUT2D eigenvalue weighted by Gasteiger charge is -2.07. The second kappa shape index (κ2) is 6.80. The van der Waals surface area contributed by atoms with Crippen LogP contribution in [0.5, 0.6) is 0 Å². The van der Waals surface area contributed by atoms with Crippen LogP contribution in [-0.2, 0) is 4.79 Å². The van der Waals surface area contributed by atoms with Gasteiger partial charge in [0.2, 0.25) is 5.91 Å². The summed E-state index contributed by atoms with van der Waals surface area (Å²) in [6.07, 6.45) is 1.51. The predicted molar refractivity (Wildman–Crippen MR) is 105 cm³/mol. The van der Waals surface area contributed by atoms with E-state index in [1.807, 2.05) is 50.2 Å². The molecule has 0 saturated heterocycles. The van der Waals surface area contributed by atoms with Crippen LogP contribution in [-0.4, -0.2) is 21.6 Å². The molecule has 0 atom stereocenters. The molecule has 2 aromatic heterocycles.